The highest BCUT2D eigenvalue weighted by Crippen LogP contribution is 2.35. The molecular formula is C35H33F3N2O4. The molecule has 9 heteroatoms. The molecule has 0 aromatic heterocycles. The molecule has 4 aromatic rings. The summed E-state index contributed by atoms with van der Waals surface area (Å²) in [5, 5.41) is 13.3. The van der Waals surface area contributed by atoms with Crippen LogP contribution in [0.4, 0.5) is 18.9 Å². The Morgan fingerprint density at radius 3 is 1.89 bits per heavy atom. The van der Waals surface area contributed by atoms with Crippen LogP contribution in [0.5, 0.6) is 0 Å². The normalized spacial score (nSPS) is 12.7. The third-order valence-electron chi connectivity index (χ3n) is 7.74. The minimum atomic E-state index is -4.47. The number of carbonyl (C=O) groups excluding carboxylic acids is 2. The number of alkyl halides is 3. The molecule has 0 saturated heterocycles. The van der Waals surface area contributed by atoms with E-state index >= 15 is 0 Å². The summed E-state index contributed by atoms with van der Waals surface area (Å²) in [6.45, 7) is 4.29. The van der Waals surface area contributed by atoms with Gasteiger partial charge >= 0.3 is 12.1 Å². The van der Waals surface area contributed by atoms with Crippen molar-refractivity contribution < 1.29 is 32.7 Å². The number of hydrogen-bond donors (Lipinski definition) is 2. The van der Waals surface area contributed by atoms with E-state index in [0.717, 1.165) is 17.7 Å². The van der Waals surface area contributed by atoms with Gasteiger partial charge in [0.2, 0.25) is 5.91 Å². The van der Waals surface area contributed by atoms with E-state index in [9.17, 15) is 32.7 Å². The summed E-state index contributed by atoms with van der Waals surface area (Å²) in [4.78, 5) is 41.6. The molecular weight excluding hydrogens is 569 g/mol. The van der Waals surface area contributed by atoms with E-state index in [-0.39, 0.29) is 12.0 Å². The average Bonchev–Trinajstić information content (AvgIpc) is 3.02. The van der Waals surface area contributed by atoms with Crippen LogP contribution in [0.25, 0.3) is 11.1 Å². The summed E-state index contributed by atoms with van der Waals surface area (Å²) in [5.41, 5.74) is 0.0598. The van der Waals surface area contributed by atoms with E-state index in [0.29, 0.717) is 41.9 Å². The molecule has 0 saturated carbocycles. The molecule has 0 heterocycles. The molecule has 0 fully saturated rings. The summed E-state index contributed by atoms with van der Waals surface area (Å²) in [6, 6.07) is 26.6. The monoisotopic (exact) mass is 602 g/mol. The molecule has 0 spiro atoms. The first-order valence-electron chi connectivity index (χ1n) is 14.3. The lowest BCUT2D eigenvalue weighted by Gasteiger charge is -2.34. The van der Waals surface area contributed by atoms with Crippen LogP contribution >= 0.6 is 0 Å². The number of carboxylic acid groups (broad SMARTS) is 1. The standard InChI is InChI=1S/C35H33F3N2O4/c1-3-40(4-2)32(42)34(33(43)44,23-22-24-10-6-5-7-11-24)26-18-20-28(21-19-26)39-31(41)30-13-9-8-12-29(30)25-14-16-27(17-15-25)35(36,37)38/h5-21H,3-4,22-23H2,1-2H3,(H,39,41)(H,43,44). The highest BCUT2D eigenvalue weighted by atomic mass is 19.4. The zero-order valence-corrected chi connectivity index (χ0v) is 24.4. The molecule has 0 aliphatic heterocycles. The maximum Gasteiger partial charge on any atom is 0.416 e. The number of aryl methyl sites for hydroxylation is 1. The summed E-state index contributed by atoms with van der Waals surface area (Å²) in [7, 11) is 0. The highest BCUT2D eigenvalue weighted by Gasteiger charge is 2.49. The largest absolute Gasteiger partial charge is 0.480 e. The fourth-order valence-corrected chi connectivity index (χ4v) is 5.26. The molecule has 4 aromatic carbocycles. The van der Waals surface area contributed by atoms with Gasteiger partial charge < -0.3 is 15.3 Å². The Labute approximate surface area is 254 Å². The van der Waals surface area contributed by atoms with Crippen molar-refractivity contribution in [1.29, 1.82) is 0 Å². The van der Waals surface area contributed by atoms with Gasteiger partial charge in [-0.25, -0.2) is 0 Å². The molecule has 0 bridgehead atoms. The first-order chi connectivity index (χ1) is 21.0. The Balaban J connectivity index is 1.63. The zero-order chi connectivity index (χ0) is 31.9. The minimum Gasteiger partial charge on any atom is -0.480 e. The molecule has 0 aliphatic carbocycles. The predicted molar refractivity (Wildman–Crippen MR) is 163 cm³/mol. The van der Waals surface area contributed by atoms with Crippen LogP contribution in [0.15, 0.2) is 103 Å². The van der Waals surface area contributed by atoms with Crippen molar-refractivity contribution in [3.63, 3.8) is 0 Å². The Bertz CT molecular complexity index is 1600. The van der Waals surface area contributed by atoms with Gasteiger partial charge in [0.15, 0.2) is 5.41 Å². The van der Waals surface area contributed by atoms with Crippen LogP contribution in [0, 0.1) is 0 Å². The summed E-state index contributed by atoms with van der Waals surface area (Å²) in [5.74, 6) is -2.26. The van der Waals surface area contributed by atoms with Gasteiger partial charge in [-0.3, -0.25) is 14.4 Å². The number of likely N-dealkylation sites (N-methyl/N-ethyl adjacent to an activating group) is 1. The number of rotatable bonds is 11. The predicted octanol–water partition coefficient (Wildman–Crippen LogP) is 7.45. The Morgan fingerprint density at radius 1 is 0.750 bits per heavy atom. The number of aliphatic carboxylic acids is 1. The smallest absolute Gasteiger partial charge is 0.416 e. The first-order valence-corrected chi connectivity index (χ1v) is 14.3. The third kappa shape index (κ3) is 6.83. The van der Waals surface area contributed by atoms with Crippen molar-refractivity contribution >= 4 is 23.5 Å². The van der Waals surface area contributed by atoms with Crippen molar-refractivity contribution in [2.24, 2.45) is 0 Å². The van der Waals surface area contributed by atoms with Crippen molar-refractivity contribution in [2.75, 3.05) is 18.4 Å². The van der Waals surface area contributed by atoms with Gasteiger partial charge in [-0.05, 0) is 79.3 Å². The topological polar surface area (TPSA) is 86.7 Å². The molecule has 2 N–H and O–H groups in total. The fraction of sp³-hybridized carbons (Fsp3) is 0.229. The second kappa shape index (κ2) is 13.6. The molecule has 228 valence electrons. The van der Waals surface area contributed by atoms with Gasteiger partial charge in [0, 0.05) is 24.3 Å². The van der Waals surface area contributed by atoms with Gasteiger partial charge in [-0.15, -0.1) is 0 Å². The third-order valence-corrected chi connectivity index (χ3v) is 7.74. The van der Waals surface area contributed by atoms with Gasteiger partial charge in [0.1, 0.15) is 0 Å². The lowest BCUT2D eigenvalue weighted by atomic mass is 9.74. The van der Waals surface area contributed by atoms with Crippen molar-refractivity contribution in [3.8, 4) is 11.1 Å². The Kier molecular flexibility index (Phi) is 9.88. The van der Waals surface area contributed by atoms with Crippen LogP contribution in [-0.4, -0.2) is 40.9 Å². The second-order valence-corrected chi connectivity index (χ2v) is 10.3. The molecule has 1 unspecified atom stereocenters. The van der Waals surface area contributed by atoms with E-state index in [1.54, 1.807) is 50.2 Å². The molecule has 44 heavy (non-hydrogen) atoms. The van der Waals surface area contributed by atoms with Gasteiger partial charge in [0.25, 0.3) is 5.91 Å². The van der Waals surface area contributed by atoms with E-state index in [1.165, 1.54) is 29.2 Å². The number of benzene rings is 4. The van der Waals surface area contributed by atoms with Crippen molar-refractivity contribution in [3.05, 3.63) is 125 Å². The zero-order valence-electron chi connectivity index (χ0n) is 24.4. The molecule has 2 amide bonds. The quantitative estimate of drug-likeness (QED) is 0.175. The molecule has 0 aliphatic rings. The summed E-state index contributed by atoms with van der Waals surface area (Å²) >= 11 is 0. The lowest BCUT2D eigenvalue weighted by molar-refractivity contribution is -0.154. The van der Waals surface area contributed by atoms with E-state index in [1.807, 2.05) is 30.3 Å². The number of nitrogens with one attached hydrogen (secondary N) is 1. The van der Waals surface area contributed by atoms with Gasteiger partial charge in [-0.1, -0.05) is 72.8 Å². The number of carboxylic acids is 1. The summed E-state index contributed by atoms with van der Waals surface area (Å²) in [6.07, 6.45) is -4.08. The fourth-order valence-electron chi connectivity index (χ4n) is 5.26. The number of nitrogens with zero attached hydrogens (tertiary/aromatic N) is 1. The lowest BCUT2D eigenvalue weighted by Crippen LogP contribution is -2.52. The van der Waals surface area contributed by atoms with Crippen LogP contribution in [-0.2, 0) is 27.6 Å². The van der Waals surface area contributed by atoms with Gasteiger partial charge in [0.05, 0.1) is 5.56 Å². The summed E-state index contributed by atoms with van der Waals surface area (Å²) < 4.78 is 39.1. The number of hydrogen-bond acceptors (Lipinski definition) is 3. The Hall–Kier alpha value is -4.92. The molecule has 1 atom stereocenters. The average molecular weight is 603 g/mol. The van der Waals surface area contributed by atoms with Crippen molar-refractivity contribution in [1.82, 2.24) is 4.90 Å². The van der Waals surface area contributed by atoms with Crippen LogP contribution < -0.4 is 5.32 Å². The maximum atomic E-state index is 13.8. The highest BCUT2D eigenvalue weighted by molar-refractivity contribution is 6.09. The Morgan fingerprint density at radius 2 is 1.32 bits per heavy atom. The van der Waals surface area contributed by atoms with E-state index < -0.39 is 34.9 Å². The first kappa shape index (κ1) is 32.0. The molecule has 0 radical (unpaired) electrons. The van der Waals surface area contributed by atoms with Crippen molar-refractivity contribution in [2.45, 2.75) is 38.3 Å². The van der Waals surface area contributed by atoms with Crippen LogP contribution in [0.1, 0.15) is 47.3 Å². The number of carbonyl (C=O) groups is 3. The van der Waals surface area contributed by atoms with Gasteiger partial charge in [-0.2, -0.15) is 13.2 Å². The number of halogens is 3. The number of anilines is 1. The molecule has 6 nitrogen and oxygen atoms in total. The minimum absolute atomic E-state index is 0.0356. The maximum absolute atomic E-state index is 13.8. The second-order valence-electron chi connectivity index (χ2n) is 10.3. The number of amides is 2. The molecule has 4 rings (SSSR count). The van der Waals surface area contributed by atoms with Crippen LogP contribution in [0.3, 0.4) is 0 Å². The van der Waals surface area contributed by atoms with Crippen LogP contribution in [0.2, 0.25) is 0 Å². The van der Waals surface area contributed by atoms with E-state index in [2.05, 4.69) is 5.32 Å². The SMILES string of the molecule is CCN(CC)C(=O)C(CCc1ccccc1)(C(=O)O)c1ccc(NC(=O)c2ccccc2-c2ccc(C(F)(F)F)cc2)cc1. The van der Waals surface area contributed by atoms with E-state index in [4.69, 9.17) is 0 Å².